The number of carbonyl (C=O) groups excluding carboxylic acids is 1. The molecule has 0 saturated carbocycles. The van der Waals surface area contributed by atoms with Crippen LogP contribution in [-0.2, 0) is 17.0 Å². The van der Waals surface area contributed by atoms with Gasteiger partial charge in [-0.25, -0.2) is 14.2 Å². The molecular weight excluding hydrogens is 433 g/mol. The first-order valence-corrected chi connectivity index (χ1v) is 10.2. The molecule has 0 spiro atoms. The molecule has 32 heavy (non-hydrogen) atoms. The number of hydrogen-bond acceptors (Lipinski definition) is 6. The van der Waals surface area contributed by atoms with Gasteiger partial charge in [0, 0.05) is 16.9 Å². The van der Waals surface area contributed by atoms with Gasteiger partial charge in [0.2, 0.25) is 0 Å². The second kappa shape index (κ2) is 8.88. The van der Waals surface area contributed by atoms with Crippen molar-refractivity contribution in [1.82, 2.24) is 0 Å². The SMILES string of the molecule is COC(=O)c1ccc2c(c1)C(C)(Nc1ccc(OCc3cccc(F)c3)c(Cl)c1)N=CN2. The van der Waals surface area contributed by atoms with Crippen LogP contribution in [0.2, 0.25) is 5.02 Å². The van der Waals surface area contributed by atoms with Crippen molar-refractivity contribution in [3.8, 4) is 5.75 Å². The summed E-state index contributed by atoms with van der Waals surface area (Å²) in [6.07, 6.45) is 1.60. The molecule has 0 aromatic heterocycles. The molecule has 1 aliphatic heterocycles. The molecule has 1 unspecified atom stereocenters. The van der Waals surface area contributed by atoms with Gasteiger partial charge in [-0.2, -0.15) is 0 Å². The van der Waals surface area contributed by atoms with Crippen molar-refractivity contribution < 1.29 is 18.7 Å². The van der Waals surface area contributed by atoms with Gasteiger partial charge >= 0.3 is 5.97 Å². The maximum absolute atomic E-state index is 13.3. The Morgan fingerprint density at radius 1 is 1.19 bits per heavy atom. The van der Waals surface area contributed by atoms with Crippen LogP contribution in [0.15, 0.2) is 65.7 Å². The highest BCUT2D eigenvalue weighted by atomic mass is 35.5. The Hall–Kier alpha value is -3.58. The number of methoxy groups -OCH3 is 1. The number of ether oxygens (including phenoxy) is 2. The smallest absolute Gasteiger partial charge is 0.337 e. The molecule has 1 atom stereocenters. The van der Waals surface area contributed by atoms with Crippen LogP contribution >= 0.6 is 11.6 Å². The highest BCUT2D eigenvalue weighted by molar-refractivity contribution is 6.32. The summed E-state index contributed by atoms with van der Waals surface area (Å²) in [4.78, 5) is 16.5. The number of aliphatic imine (C=N–C) groups is 1. The van der Waals surface area contributed by atoms with E-state index < -0.39 is 11.6 Å². The molecule has 1 aliphatic rings. The Bertz CT molecular complexity index is 1200. The molecule has 0 saturated heterocycles. The Kier molecular flexibility index (Phi) is 6.01. The van der Waals surface area contributed by atoms with Crippen molar-refractivity contribution in [2.45, 2.75) is 19.2 Å². The van der Waals surface area contributed by atoms with E-state index in [1.165, 1.54) is 19.2 Å². The maximum Gasteiger partial charge on any atom is 0.337 e. The predicted octanol–water partition coefficient (Wildman–Crippen LogP) is 5.58. The van der Waals surface area contributed by atoms with Crippen LogP contribution in [0.1, 0.15) is 28.4 Å². The van der Waals surface area contributed by atoms with E-state index in [2.05, 4.69) is 15.6 Å². The second-order valence-electron chi connectivity index (χ2n) is 7.42. The average molecular weight is 454 g/mol. The molecule has 2 N–H and O–H groups in total. The molecule has 8 heteroatoms. The lowest BCUT2D eigenvalue weighted by Crippen LogP contribution is -2.34. The van der Waals surface area contributed by atoms with E-state index in [1.807, 2.05) is 19.1 Å². The number of fused-ring (bicyclic) bond motifs is 1. The molecule has 0 bridgehead atoms. The summed E-state index contributed by atoms with van der Waals surface area (Å²) in [6, 6.07) is 16.7. The molecule has 4 rings (SSSR count). The number of hydrogen-bond donors (Lipinski definition) is 2. The number of esters is 1. The summed E-state index contributed by atoms with van der Waals surface area (Å²) >= 11 is 6.42. The summed E-state index contributed by atoms with van der Waals surface area (Å²) in [5, 5.41) is 6.85. The van der Waals surface area contributed by atoms with E-state index in [9.17, 15) is 9.18 Å². The minimum absolute atomic E-state index is 0.196. The fourth-order valence-electron chi connectivity index (χ4n) is 3.48. The lowest BCUT2D eigenvalue weighted by molar-refractivity contribution is 0.0600. The van der Waals surface area contributed by atoms with Gasteiger partial charge in [0.1, 0.15) is 18.2 Å². The van der Waals surface area contributed by atoms with Gasteiger partial charge in [-0.05, 0) is 61.0 Å². The Morgan fingerprint density at radius 2 is 2.03 bits per heavy atom. The van der Waals surface area contributed by atoms with E-state index in [-0.39, 0.29) is 12.4 Å². The molecule has 164 valence electrons. The minimum atomic E-state index is -0.849. The van der Waals surface area contributed by atoms with Gasteiger partial charge in [-0.3, -0.25) is 0 Å². The van der Waals surface area contributed by atoms with Gasteiger partial charge in [-0.1, -0.05) is 23.7 Å². The lowest BCUT2D eigenvalue weighted by atomic mass is 9.95. The Labute approximate surface area is 190 Å². The molecule has 0 fully saturated rings. The largest absolute Gasteiger partial charge is 0.487 e. The molecule has 0 amide bonds. The monoisotopic (exact) mass is 453 g/mol. The van der Waals surface area contributed by atoms with Crippen LogP contribution in [0.5, 0.6) is 5.75 Å². The normalized spacial score (nSPS) is 16.6. The number of halogens is 2. The van der Waals surface area contributed by atoms with Gasteiger partial charge < -0.3 is 20.1 Å². The lowest BCUT2D eigenvalue weighted by Gasteiger charge is -2.33. The van der Waals surface area contributed by atoms with Crippen LogP contribution in [0, 0.1) is 5.82 Å². The summed E-state index contributed by atoms with van der Waals surface area (Å²) in [6.45, 7) is 2.09. The van der Waals surface area contributed by atoms with Crippen molar-refractivity contribution in [2.24, 2.45) is 4.99 Å². The van der Waals surface area contributed by atoms with Crippen LogP contribution in [0.3, 0.4) is 0 Å². The van der Waals surface area contributed by atoms with Gasteiger partial charge in [-0.15, -0.1) is 0 Å². The summed E-state index contributed by atoms with van der Waals surface area (Å²) in [5.74, 6) is -0.260. The van der Waals surface area contributed by atoms with Crippen LogP contribution in [0.4, 0.5) is 15.8 Å². The topological polar surface area (TPSA) is 72.0 Å². The zero-order chi connectivity index (χ0) is 22.7. The molecule has 0 radical (unpaired) electrons. The average Bonchev–Trinajstić information content (AvgIpc) is 2.78. The fourth-order valence-corrected chi connectivity index (χ4v) is 3.72. The van der Waals surface area contributed by atoms with E-state index in [4.69, 9.17) is 21.1 Å². The second-order valence-corrected chi connectivity index (χ2v) is 7.82. The number of carbonyl (C=O) groups is 1. The standard InChI is InChI=1S/C24H21ClFN3O3/c1-24(19-11-16(23(30)31-2)6-8-21(19)27-14-28-24)29-18-7-9-22(20(25)12-18)32-13-15-4-3-5-17(26)10-15/h3-12,14,29H,13H2,1-2H3,(H,27,28). The third kappa shape index (κ3) is 4.53. The number of nitrogens with one attached hydrogen (secondary N) is 2. The first-order chi connectivity index (χ1) is 15.4. The first kappa shape index (κ1) is 21.6. The van der Waals surface area contributed by atoms with Crippen LogP contribution in [0.25, 0.3) is 0 Å². The van der Waals surface area contributed by atoms with Crippen molar-refractivity contribution in [2.75, 3.05) is 17.7 Å². The number of anilines is 2. The van der Waals surface area contributed by atoms with E-state index in [0.29, 0.717) is 27.6 Å². The van der Waals surface area contributed by atoms with E-state index in [1.54, 1.807) is 42.7 Å². The summed E-state index contributed by atoms with van der Waals surface area (Å²) in [7, 11) is 1.34. The third-order valence-electron chi connectivity index (χ3n) is 5.11. The van der Waals surface area contributed by atoms with Gasteiger partial charge in [0.05, 0.1) is 24.0 Å². The Morgan fingerprint density at radius 3 is 2.78 bits per heavy atom. The van der Waals surface area contributed by atoms with Crippen LogP contribution in [-0.4, -0.2) is 19.4 Å². The summed E-state index contributed by atoms with van der Waals surface area (Å²) < 4.78 is 23.9. The van der Waals surface area contributed by atoms with Gasteiger partial charge in [0.25, 0.3) is 0 Å². The van der Waals surface area contributed by atoms with Crippen molar-refractivity contribution >= 4 is 35.3 Å². The molecule has 3 aromatic rings. The molecule has 0 aliphatic carbocycles. The summed E-state index contributed by atoms with van der Waals surface area (Å²) in [5.41, 5.74) is 2.60. The maximum atomic E-state index is 13.3. The molecule has 1 heterocycles. The third-order valence-corrected chi connectivity index (χ3v) is 5.41. The van der Waals surface area contributed by atoms with Crippen molar-refractivity contribution in [1.29, 1.82) is 0 Å². The van der Waals surface area contributed by atoms with Gasteiger partial charge in [0.15, 0.2) is 5.66 Å². The quantitative estimate of drug-likeness (QED) is 0.476. The number of benzene rings is 3. The highest BCUT2D eigenvalue weighted by Gasteiger charge is 2.31. The fraction of sp³-hybridized carbons (Fsp3) is 0.167. The van der Waals surface area contributed by atoms with Crippen molar-refractivity contribution in [3.63, 3.8) is 0 Å². The van der Waals surface area contributed by atoms with Crippen LogP contribution < -0.4 is 15.4 Å². The minimum Gasteiger partial charge on any atom is -0.487 e. The molecule has 3 aromatic carbocycles. The van der Waals surface area contributed by atoms with E-state index in [0.717, 1.165) is 11.3 Å². The van der Waals surface area contributed by atoms with Crippen molar-refractivity contribution in [3.05, 3.63) is 88.2 Å². The zero-order valence-electron chi connectivity index (χ0n) is 17.5. The number of rotatable bonds is 6. The molecular formula is C24H21ClFN3O3. The predicted molar refractivity (Wildman–Crippen MR) is 123 cm³/mol. The molecule has 6 nitrogen and oxygen atoms in total. The first-order valence-electron chi connectivity index (χ1n) is 9.86. The Balaban J connectivity index is 1.54. The number of nitrogens with zero attached hydrogens (tertiary/aromatic N) is 1. The van der Waals surface area contributed by atoms with E-state index >= 15 is 0 Å². The zero-order valence-corrected chi connectivity index (χ0v) is 18.2. The highest BCUT2D eigenvalue weighted by Crippen LogP contribution is 2.37.